The second kappa shape index (κ2) is 3.51. The van der Waals surface area contributed by atoms with Gasteiger partial charge < -0.3 is 0 Å². The fraction of sp³-hybridized carbons (Fsp3) is 1.00. The van der Waals surface area contributed by atoms with Crippen molar-refractivity contribution in [2.45, 2.75) is 12.8 Å². The zero-order chi connectivity index (χ0) is 6.81. The summed E-state index contributed by atoms with van der Waals surface area (Å²) in [7, 11) is 2.64. The molecule has 2 bridgehead atoms. The molecule has 2 saturated heterocycles. The molecule has 0 saturated carbocycles. The van der Waals surface area contributed by atoms with Gasteiger partial charge in [-0.1, -0.05) is 0 Å². The van der Waals surface area contributed by atoms with Gasteiger partial charge in [0.1, 0.15) is 0 Å². The topological polar surface area (TPSA) is 0 Å². The Morgan fingerprint density at radius 1 is 0.700 bits per heavy atom. The minimum Gasteiger partial charge on any atom is -0.122 e. The van der Waals surface area contributed by atoms with Crippen LogP contribution in [0.2, 0.25) is 0 Å². The van der Waals surface area contributed by atoms with Crippen LogP contribution in [-0.4, -0.2) is 24.6 Å². The van der Waals surface area contributed by atoms with E-state index in [1.54, 1.807) is 37.5 Å². The molecule has 0 aliphatic carbocycles. The maximum atomic E-state index is 1.59. The van der Waals surface area contributed by atoms with Crippen molar-refractivity contribution in [2.24, 2.45) is 11.8 Å². The molecule has 58 valence electrons. The van der Waals surface area contributed by atoms with Gasteiger partial charge in [0, 0.05) is 0 Å². The van der Waals surface area contributed by atoms with Gasteiger partial charge in [-0.25, -0.2) is 0 Å². The molecule has 0 nitrogen and oxygen atoms in total. The van der Waals surface area contributed by atoms with Gasteiger partial charge in [0.25, 0.3) is 0 Å². The predicted molar refractivity (Wildman–Crippen MR) is 52.3 cm³/mol. The molecule has 0 atom stereocenters. The van der Waals surface area contributed by atoms with E-state index in [1.807, 2.05) is 0 Å². The van der Waals surface area contributed by atoms with Gasteiger partial charge in [0.15, 0.2) is 0 Å². The molecule has 0 unspecified atom stereocenters. The lowest BCUT2D eigenvalue weighted by Gasteiger charge is -2.14. The molecule has 0 aromatic rings. The van der Waals surface area contributed by atoms with E-state index in [2.05, 4.69) is 0 Å². The lowest BCUT2D eigenvalue weighted by molar-refractivity contribution is 0.521. The molecule has 0 radical (unpaired) electrons. The minimum atomic E-state index is 1.16. The largest absolute Gasteiger partial charge is 0.122 e. The van der Waals surface area contributed by atoms with Gasteiger partial charge in [-0.15, -0.1) is 17.2 Å². The Morgan fingerprint density at radius 2 is 1.10 bits per heavy atom. The zero-order valence-corrected chi connectivity index (χ0v) is 8.40. The molecule has 2 fully saturated rings. The molecule has 0 aromatic heterocycles. The first-order chi connectivity index (χ1) is 4.95. The summed E-state index contributed by atoms with van der Waals surface area (Å²) in [5.41, 5.74) is 0. The lowest BCUT2D eigenvalue weighted by Crippen LogP contribution is -2.04. The van der Waals surface area contributed by atoms with E-state index >= 15 is 0 Å². The van der Waals surface area contributed by atoms with E-state index in [1.165, 1.54) is 17.2 Å². The van der Waals surface area contributed by atoms with Gasteiger partial charge in [0.05, 0.1) is 0 Å². The van der Waals surface area contributed by atoms with E-state index in [0.717, 1.165) is 11.8 Å². The number of fused-ring (bicyclic) bond motifs is 3. The standard InChI is InChI=1S/C8H16P2/c1-2-8-5-9-3-7(1)4-10-6-8/h7-10H,1-6H2. The molecule has 0 spiro atoms. The molecule has 10 heavy (non-hydrogen) atoms. The van der Waals surface area contributed by atoms with Crippen LogP contribution < -0.4 is 0 Å². The first-order valence-electron chi connectivity index (χ1n) is 4.36. The van der Waals surface area contributed by atoms with Crippen molar-refractivity contribution < 1.29 is 0 Å². The van der Waals surface area contributed by atoms with E-state index in [9.17, 15) is 0 Å². The fourth-order valence-corrected chi connectivity index (χ4v) is 5.94. The summed E-state index contributed by atoms with van der Waals surface area (Å²) in [6.45, 7) is 0. The van der Waals surface area contributed by atoms with Crippen LogP contribution in [0.15, 0.2) is 0 Å². The normalized spacial score (nSPS) is 45.6. The Bertz CT molecular complexity index is 91.8. The quantitative estimate of drug-likeness (QED) is 0.494. The summed E-state index contributed by atoms with van der Waals surface area (Å²) in [6, 6.07) is 0. The second-order valence-corrected chi connectivity index (χ2v) is 6.26. The molecule has 2 rings (SSSR count). The highest BCUT2D eigenvalue weighted by Gasteiger charge is 2.21. The average molecular weight is 174 g/mol. The molecule has 2 heterocycles. The highest BCUT2D eigenvalue weighted by atomic mass is 31.1. The first-order valence-corrected chi connectivity index (χ1v) is 7.19. The Kier molecular flexibility index (Phi) is 2.63. The Hall–Kier alpha value is 0.860. The zero-order valence-electron chi connectivity index (χ0n) is 6.40. The SMILES string of the molecule is C1CC2CPCC1CPC2. The molecule has 2 heteroatoms. The monoisotopic (exact) mass is 174 g/mol. The van der Waals surface area contributed by atoms with Crippen molar-refractivity contribution in [2.75, 3.05) is 24.6 Å². The van der Waals surface area contributed by atoms with Crippen molar-refractivity contribution in [1.29, 1.82) is 0 Å². The van der Waals surface area contributed by atoms with E-state index in [-0.39, 0.29) is 0 Å². The van der Waals surface area contributed by atoms with Crippen LogP contribution in [0.25, 0.3) is 0 Å². The van der Waals surface area contributed by atoms with Crippen molar-refractivity contribution in [3.63, 3.8) is 0 Å². The van der Waals surface area contributed by atoms with Crippen molar-refractivity contribution >= 4 is 17.2 Å². The maximum Gasteiger partial charge on any atom is -0.0322 e. The molecule has 0 N–H and O–H groups in total. The van der Waals surface area contributed by atoms with Crippen LogP contribution in [0.4, 0.5) is 0 Å². The van der Waals surface area contributed by atoms with Gasteiger partial charge in [-0.2, -0.15) is 0 Å². The summed E-state index contributed by atoms with van der Waals surface area (Å²) in [6.07, 6.45) is 9.50. The van der Waals surface area contributed by atoms with Crippen LogP contribution >= 0.6 is 17.2 Å². The summed E-state index contributed by atoms with van der Waals surface area (Å²) in [5.74, 6) is 2.31. The lowest BCUT2D eigenvalue weighted by atomic mass is 10.0. The minimum absolute atomic E-state index is 1.16. The molecule has 0 aromatic carbocycles. The average Bonchev–Trinajstić information content (AvgIpc) is 2.17. The molecular weight excluding hydrogens is 158 g/mol. The summed E-state index contributed by atoms with van der Waals surface area (Å²) < 4.78 is 0. The molecule has 2 aliphatic heterocycles. The Morgan fingerprint density at radius 3 is 1.50 bits per heavy atom. The van der Waals surface area contributed by atoms with Crippen LogP contribution in [0.3, 0.4) is 0 Å². The van der Waals surface area contributed by atoms with Gasteiger partial charge in [0.2, 0.25) is 0 Å². The van der Waals surface area contributed by atoms with Gasteiger partial charge >= 0.3 is 0 Å². The highest BCUT2D eigenvalue weighted by Crippen LogP contribution is 2.39. The third kappa shape index (κ3) is 1.72. The van der Waals surface area contributed by atoms with Crippen molar-refractivity contribution in [3.8, 4) is 0 Å². The maximum absolute atomic E-state index is 1.59. The van der Waals surface area contributed by atoms with Crippen LogP contribution in [-0.2, 0) is 0 Å². The third-order valence-electron chi connectivity index (χ3n) is 2.72. The Labute approximate surface area is 67.1 Å². The molecule has 2 aliphatic rings. The van der Waals surface area contributed by atoms with E-state index in [0.29, 0.717) is 0 Å². The molecule has 0 amide bonds. The van der Waals surface area contributed by atoms with Crippen LogP contribution in [0.1, 0.15) is 12.8 Å². The molecular formula is C8H16P2. The highest BCUT2D eigenvalue weighted by molar-refractivity contribution is 7.40. The summed E-state index contributed by atoms with van der Waals surface area (Å²) in [5, 5.41) is 0. The van der Waals surface area contributed by atoms with Crippen LogP contribution in [0, 0.1) is 11.8 Å². The van der Waals surface area contributed by atoms with E-state index < -0.39 is 0 Å². The van der Waals surface area contributed by atoms with Crippen molar-refractivity contribution in [3.05, 3.63) is 0 Å². The first kappa shape index (κ1) is 7.51. The third-order valence-corrected chi connectivity index (χ3v) is 6.18. The predicted octanol–water partition coefficient (Wildman–Crippen LogP) is 2.38. The smallest absolute Gasteiger partial charge is 0.0322 e. The number of rotatable bonds is 0. The van der Waals surface area contributed by atoms with E-state index in [4.69, 9.17) is 0 Å². The van der Waals surface area contributed by atoms with Gasteiger partial charge in [-0.3, -0.25) is 0 Å². The van der Waals surface area contributed by atoms with Crippen molar-refractivity contribution in [1.82, 2.24) is 0 Å². The summed E-state index contributed by atoms with van der Waals surface area (Å²) >= 11 is 0. The number of hydrogen-bond donors (Lipinski definition) is 0. The Balaban J connectivity index is 2.01. The van der Waals surface area contributed by atoms with Gasteiger partial charge in [-0.05, 0) is 49.3 Å². The fourth-order valence-electron chi connectivity index (χ4n) is 2.01. The van der Waals surface area contributed by atoms with Crippen LogP contribution in [0.5, 0.6) is 0 Å². The second-order valence-electron chi connectivity index (χ2n) is 3.63. The summed E-state index contributed by atoms with van der Waals surface area (Å²) in [4.78, 5) is 0. The number of hydrogen-bond acceptors (Lipinski definition) is 0.